The van der Waals surface area contributed by atoms with Crippen LogP contribution in [0.25, 0.3) is 5.69 Å². The number of ether oxygens (including phenoxy) is 1. The van der Waals surface area contributed by atoms with Crippen molar-refractivity contribution in [3.8, 4) is 5.69 Å². The lowest BCUT2D eigenvalue weighted by Gasteiger charge is -2.16. The van der Waals surface area contributed by atoms with Crippen LogP contribution in [0.3, 0.4) is 0 Å². The molecule has 3 aromatic rings. The van der Waals surface area contributed by atoms with E-state index in [1.54, 1.807) is 36.6 Å². The molecule has 1 amide bonds. The van der Waals surface area contributed by atoms with E-state index in [1.807, 2.05) is 38.1 Å². The van der Waals surface area contributed by atoms with Crippen LogP contribution in [0.4, 0.5) is 0 Å². The smallest absolute Gasteiger partial charge is 0.338 e. The molecule has 6 nitrogen and oxygen atoms in total. The zero-order chi connectivity index (χ0) is 23.5. The van der Waals surface area contributed by atoms with E-state index in [2.05, 4.69) is 22.0 Å². The van der Waals surface area contributed by atoms with Crippen LogP contribution in [0.1, 0.15) is 67.7 Å². The van der Waals surface area contributed by atoms with E-state index < -0.39 is 0 Å². The number of carbonyl (C=O) groups excluding carboxylic acids is 2. The third kappa shape index (κ3) is 4.93. The maximum Gasteiger partial charge on any atom is 0.338 e. The fourth-order valence-electron chi connectivity index (χ4n) is 4.31. The molecular formula is C26H29N3O3S. The van der Waals surface area contributed by atoms with E-state index in [0.717, 1.165) is 40.4 Å². The standard InChI is InChI=1S/C26H29N3O3S/c1-5-32-26(31)19-7-9-22(10-8-19)29-17(3)13-21(18(29)4)15-27-28-25(30)24-14-20-12-16(2)6-11-23(20)33-24/h7-10,13-16H,5-6,11-12H2,1-4H3,(H,28,30)/b27-15-/t16-/m1/s1. The van der Waals surface area contributed by atoms with E-state index in [-0.39, 0.29) is 11.9 Å². The number of rotatable bonds is 6. The summed E-state index contributed by atoms with van der Waals surface area (Å²) < 4.78 is 7.14. The number of nitrogens with zero attached hydrogens (tertiary/aromatic N) is 2. The zero-order valence-corrected chi connectivity index (χ0v) is 20.3. The lowest BCUT2D eigenvalue weighted by molar-refractivity contribution is 0.0526. The van der Waals surface area contributed by atoms with Gasteiger partial charge in [0.2, 0.25) is 0 Å². The average molecular weight is 464 g/mol. The van der Waals surface area contributed by atoms with Gasteiger partial charge in [0.1, 0.15) is 0 Å². The summed E-state index contributed by atoms with van der Waals surface area (Å²) in [4.78, 5) is 26.5. The monoisotopic (exact) mass is 463 g/mol. The van der Waals surface area contributed by atoms with Crippen molar-refractivity contribution in [1.82, 2.24) is 9.99 Å². The number of fused-ring (bicyclic) bond motifs is 1. The summed E-state index contributed by atoms with van der Waals surface area (Å²) in [5, 5.41) is 4.21. The SMILES string of the molecule is CCOC(=O)c1ccc(-n2c(C)cc(/C=N\NC(=O)c3cc4c(s3)CC[C@@H](C)C4)c2C)cc1. The minimum Gasteiger partial charge on any atom is -0.462 e. The fourth-order valence-corrected chi connectivity index (χ4v) is 5.41. The Labute approximate surface area is 198 Å². The molecule has 1 atom stereocenters. The first-order chi connectivity index (χ1) is 15.9. The summed E-state index contributed by atoms with van der Waals surface area (Å²) in [6.07, 6.45) is 4.98. The topological polar surface area (TPSA) is 72.7 Å². The van der Waals surface area contributed by atoms with E-state index in [4.69, 9.17) is 4.74 Å². The number of thiophene rings is 1. The van der Waals surface area contributed by atoms with Gasteiger partial charge in [-0.05, 0) is 87.9 Å². The van der Waals surface area contributed by atoms with E-state index in [1.165, 1.54) is 16.9 Å². The van der Waals surface area contributed by atoms with Crippen LogP contribution in [0.5, 0.6) is 0 Å². The molecule has 0 saturated heterocycles. The third-order valence-electron chi connectivity index (χ3n) is 6.03. The van der Waals surface area contributed by atoms with Gasteiger partial charge in [-0.3, -0.25) is 4.79 Å². The predicted molar refractivity (Wildman–Crippen MR) is 132 cm³/mol. The highest BCUT2D eigenvalue weighted by molar-refractivity contribution is 7.14. The van der Waals surface area contributed by atoms with Crippen LogP contribution in [0.2, 0.25) is 0 Å². The number of nitrogens with one attached hydrogen (secondary N) is 1. The summed E-state index contributed by atoms with van der Waals surface area (Å²) >= 11 is 1.58. The number of aryl methyl sites for hydroxylation is 2. The van der Waals surface area contributed by atoms with Crippen molar-refractivity contribution in [1.29, 1.82) is 0 Å². The highest BCUT2D eigenvalue weighted by atomic mass is 32.1. The Morgan fingerprint density at radius 2 is 2.00 bits per heavy atom. The largest absolute Gasteiger partial charge is 0.462 e. The van der Waals surface area contributed by atoms with Crippen LogP contribution < -0.4 is 5.43 Å². The van der Waals surface area contributed by atoms with Gasteiger partial charge in [-0.15, -0.1) is 11.3 Å². The van der Waals surface area contributed by atoms with Crippen LogP contribution in [-0.2, 0) is 17.6 Å². The Kier molecular flexibility index (Phi) is 6.79. The molecule has 1 aliphatic carbocycles. The minimum atomic E-state index is -0.324. The molecule has 0 fully saturated rings. The van der Waals surface area contributed by atoms with Crippen LogP contribution in [0, 0.1) is 19.8 Å². The van der Waals surface area contributed by atoms with E-state index >= 15 is 0 Å². The summed E-state index contributed by atoms with van der Waals surface area (Å²) in [6.45, 7) is 8.42. The molecule has 2 aromatic heterocycles. The first-order valence-corrected chi connectivity index (χ1v) is 12.1. The minimum absolute atomic E-state index is 0.165. The Morgan fingerprint density at radius 1 is 1.24 bits per heavy atom. The molecule has 0 spiro atoms. The van der Waals surface area contributed by atoms with Crippen LogP contribution in [-0.4, -0.2) is 29.3 Å². The molecule has 4 rings (SSSR count). The van der Waals surface area contributed by atoms with Gasteiger partial charge in [-0.25, -0.2) is 10.2 Å². The highest BCUT2D eigenvalue weighted by Gasteiger charge is 2.20. The van der Waals surface area contributed by atoms with Crippen molar-refractivity contribution in [3.05, 3.63) is 74.2 Å². The second-order valence-corrected chi connectivity index (χ2v) is 9.67. The second-order valence-electron chi connectivity index (χ2n) is 8.54. The Bertz CT molecular complexity index is 1200. The molecule has 7 heteroatoms. The summed E-state index contributed by atoms with van der Waals surface area (Å²) in [6, 6.07) is 11.4. The molecule has 0 aliphatic heterocycles. The van der Waals surface area contributed by atoms with Crippen molar-refractivity contribution < 1.29 is 14.3 Å². The first-order valence-electron chi connectivity index (χ1n) is 11.3. The second kappa shape index (κ2) is 9.75. The number of aromatic nitrogens is 1. The Balaban J connectivity index is 1.46. The molecule has 0 bridgehead atoms. The molecule has 0 saturated carbocycles. The summed E-state index contributed by atoms with van der Waals surface area (Å²) in [5.74, 6) is 0.189. The van der Waals surface area contributed by atoms with Gasteiger partial charge in [0, 0.05) is 27.5 Å². The normalized spacial score (nSPS) is 15.5. The van der Waals surface area contributed by atoms with E-state index in [0.29, 0.717) is 18.1 Å². The zero-order valence-electron chi connectivity index (χ0n) is 19.5. The maximum absolute atomic E-state index is 12.6. The maximum atomic E-state index is 12.6. The van der Waals surface area contributed by atoms with Crippen molar-refractivity contribution in [2.24, 2.45) is 11.0 Å². The van der Waals surface area contributed by atoms with Crippen LogP contribution in [0.15, 0.2) is 41.5 Å². The molecule has 172 valence electrons. The van der Waals surface area contributed by atoms with Gasteiger partial charge in [0.15, 0.2) is 0 Å². The van der Waals surface area contributed by atoms with Crippen molar-refractivity contribution in [2.75, 3.05) is 6.61 Å². The number of amides is 1. The molecule has 2 heterocycles. The van der Waals surface area contributed by atoms with Gasteiger partial charge in [-0.2, -0.15) is 5.10 Å². The number of benzene rings is 1. The fraction of sp³-hybridized carbons (Fsp3) is 0.346. The Hall–Kier alpha value is -3.19. The van der Waals surface area contributed by atoms with Crippen molar-refractivity contribution in [2.45, 2.75) is 47.0 Å². The number of carbonyl (C=O) groups is 2. The van der Waals surface area contributed by atoms with Gasteiger partial charge in [0.25, 0.3) is 5.91 Å². The third-order valence-corrected chi connectivity index (χ3v) is 7.27. The number of esters is 1. The van der Waals surface area contributed by atoms with Crippen molar-refractivity contribution >= 4 is 29.4 Å². The first kappa shape index (κ1) is 23.0. The molecule has 33 heavy (non-hydrogen) atoms. The number of hydrogen-bond donors (Lipinski definition) is 1. The van der Waals surface area contributed by atoms with Gasteiger partial charge in [0.05, 0.1) is 23.3 Å². The molecule has 0 unspecified atom stereocenters. The summed E-state index contributed by atoms with van der Waals surface area (Å²) in [7, 11) is 0. The molecule has 1 aromatic carbocycles. The lowest BCUT2D eigenvalue weighted by atomic mass is 9.90. The average Bonchev–Trinajstić information content (AvgIpc) is 3.34. The van der Waals surface area contributed by atoms with Gasteiger partial charge >= 0.3 is 5.97 Å². The summed E-state index contributed by atoms with van der Waals surface area (Å²) in [5.41, 5.74) is 8.40. The molecule has 0 radical (unpaired) electrons. The highest BCUT2D eigenvalue weighted by Crippen LogP contribution is 2.32. The van der Waals surface area contributed by atoms with E-state index in [9.17, 15) is 9.59 Å². The van der Waals surface area contributed by atoms with Crippen LogP contribution >= 0.6 is 11.3 Å². The lowest BCUT2D eigenvalue weighted by Crippen LogP contribution is -2.16. The molecular weight excluding hydrogens is 434 g/mol. The predicted octanol–water partition coefficient (Wildman–Crippen LogP) is 5.22. The quantitative estimate of drug-likeness (QED) is 0.309. The number of hydrogen-bond acceptors (Lipinski definition) is 5. The molecule has 1 N–H and O–H groups in total. The van der Waals surface area contributed by atoms with Crippen molar-refractivity contribution in [3.63, 3.8) is 0 Å². The molecule has 1 aliphatic rings. The van der Waals surface area contributed by atoms with Gasteiger partial charge < -0.3 is 9.30 Å². The number of hydrazone groups is 1. The Morgan fingerprint density at radius 3 is 2.73 bits per heavy atom. The van der Waals surface area contributed by atoms with Gasteiger partial charge in [-0.1, -0.05) is 6.92 Å².